The molecule has 0 saturated heterocycles. The molecule has 8 heteroatoms. The van der Waals surface area contributed by atoms with Gasteiger partial charge >= 0.3 is 0 Å². The minimum Gasteiger partial charge on any atom is -0.337 e. The molecule has 0 aromatic carbocycles. The molecule has 6 nitrogen and oxygen atoms in total. The van der Waals surface area contributed by atoms with E-state index in [1.54, 1.807) is 22.3 Å². The van der Waals surface area contributed by atoms with E-state index in [1.807, 2.05) is 11.4 Å². The number of hydrogen-bond donors (Lipinski definition) is 0. The van der Waals surface area contributed by atoms with E-state index < -0.39 is 0 Å². The number of aromatic nitrogens is 5. The molecular weight excluding hydrogens is 306 g/mol. The number of rotatable bonds is 3. The number of hydrogen-bond acceptors (Lipinski definition) is 6. The fourth-order valence-corrected chi connectivity index (χ4v) is 2.65. The van der Waals surface area contributed by atoms with Crippen molar-refractivity contribution in [3.63, 3.8) is 0 Å². The average Bonchev–Trinajstić information content (AvgIpc) is 2.99. The second-order valence-electron chi connectivity index (χ2n) is 3.23. The molecule has 0 aliphatic carbocycles. The Morgan fingerprint density at radius 1 is 1.47 bits per heavy atom. The van der Waals surface area contributed by atoms with Crippen LogP contribution in [0.3, 0.4) is 0 Å². The normalized spacial score (nSPS) is 10.9. The first-order chi connectivity index (χ1) is 8.31. The minimum absolute atomic E-state index is 0.430. The third-order valence-electron chi connectivity index (χ3n) is 2.02. The Hall–Kier alpha value is -1.54. The van der Waals surface area contributed by atoms with Crippen molar-refractivity contribution in [3.8, 4) is 10.7 Å². The highest BCUT2D eigenvalue weighted by molar-refractivity contribution is 9.10. The van der Waals surface area contributed by atoms with Crippen LogP contribution < -0.4 is 0 Å². The summed E-state index contributed by atoms with van der Waals surface area (Å²) in [5.74, 6) is 1.10. The molecule has 0 atom stereocenters. The van der Waals surface area contributed by atoms with Gasteiger partial charge in [0.25, 0.3) is 0 Å². The zero-order chi connectivity index (χ0) is 11.7. The average molecular weight is 312 g/mol. The van der Waals surface area contributed by atoms with Gasteiger partial charge in [0.05, 0.1) is 4.88 Å². The van der Waals surface area contributed by atoms with Crippen LogP contribution in [0.25, 0.3) is 10.7 Å². The maximum Gasteiger partial charge on any atom is 0.248 e. The van der Waals surface area contributed by atoms with Crippen molar-refractivity contribution in [1.82, 2.24) is 24.9 Å². The first-order valence-corrected chi connectivity index (χ1v) is 6.38. The van der Waals surface area contributed by atoms with Crippen molar-refractivity contribution in [2.45, 2.75) is 6.54 Å². The Balaban J connectivity index is 1.83. The van der Waals surface area contributed by atoms with Crippen LogP contribution in [0.5, 0.6) is 0 Å². The van der Waals surface area contributed by atoms with Crippen molar-refractivity contribution < 1.29 is 4.52 Å². The van der Waals surface area contributed by atoms with Gasteiger partial charge in [0.2, 0.25) is 11.7 Å². The van der Waals surface area contributed by atoms with Crippen molar-refractivity contribution in [2.75, 3.05) is 0 Å². The summed E-state index contributed by atoms with van der Waals surface area (Å²) in [4.78, 5) is 9.10. The molecule has 0 saturated carbocycles. The Kier molecular flexibility index (Phi) is 2.73. The molecular formula is C9H6BrN5OS. The monoisotopic (exact) mass is 311 g/mol. The van der Waals surface area contributed by atoms with Gasteiger partial charge in [0.15, 0.2) is 0 Å². The van der Waals surface area contributed by atoms with E-state index in [4.69, 9.17) is 4.52 Å². The summed E-state index contributed by atoms with van der Waals surface area (Å²) < 4.78 is 7.78. The molecule has 3 aromatic rings. The predicted octanol–water partition coefficient (Wildman–Crippen LogP) is 2.20. The van der Waals surface area contributed by atoms with Crippen LogP contribution in [0.15, 0.2) is 33.1 Å². The summed E-state index contributed by atoms with van der Waals surface area (Å²) >= 11 is 4.94. The lowest BCUT2D eigenvalue weighted by atomic mass is 10.4. The lowest BCUT2D eigenvalue weighted by Gasteiger charge is -1.91. The van der Waals surface area contributed by atoms with Crippen LogP contribution >= 0.6 is 27.3 Å². The Morgan fingerprint density at radius 2 is 2.41 bits per heavy atom. The van der Waals surface area contributed by atoms with E-state index in [9.17, 15) is 0 Å². The highest BCUT2D eigenvalue weighted by Gasteiger charge is 2.11. The molecule has 3 rings (SSSR count). The molecule has 3 aromatic heterocycles. The van der Waals surface area contributed by atoms with Crippen LogP contribution in [-0.4, -0.2) is 24.9 Å². The topological polar surface area (TPSA) is 69.6 Å². The Labute approximate surface area is 108 Å². The number of thiophene rings is 1. The maximum absolute atomic E-state index is 5.14. The summed E-state index contributed by atoms with van der Waals surface area (Å²) in [6, 6.07) is 1.95. The SMILES string of the molecule is Brc1csc(-c2noc(Cn3cncn3)n2)c1. The largest absolute Gasteiger partial charge is 0.337 e. The van der Waals surface area contributed by atoms with Gasteiger partial charge in [-0.15, -0.1) is 11.3 Å². The third-order valence-corrected chi connectivity index (χ3v) is 3.71. The van der Waals surface area contributed by atoms with Crippen LogP contribution in [-0.2, 0) is 6.54 Å². The second-order valence-corrected chi connectivity index (χ2v) is 5.06. The quantitative estimate of drug-likeness (QED) is 0.741. The van der Waals surface area contributed by atoms with Gasteiger partial charge in [-0.3, -0.25) is 0 Å². The first-order valence-electron chi connectivity index (χ1n) is 4.70. The van der Waals surface area contributed by atoms with Crippen LogP contribution in [0.1, 0.15) is 5.89 Å². The van der Waals surface area contributed by atoms with E-state index >= 15 is 0 Å². The summed E-state index contributed by atoms with van der Waals surface area (Å²) in [5, 5.41) is 9.87. The van der Waals surface area contributed by atoms with Crippen molar-refractivity contribution in [3.05, 3.63) is 34.5 Å². The zero-order valence-corrected chi connectivity index (χ0v) is 10.8. The molecule has 0 aliphatic heterocycles. The molecule has 0 spiro atoms. The van der Waals surface area contributed by atoms with E-state index in [-0.39, 0.29) is 0 Å². The summed E-state index contributed by atoms with van der Waals surface area (Å²) in [6.07, 6.45) is 3.07. The Bertz CT molecular complexity index is 617. The van der Waals surface area contributed by atoms with Crippen molar-refractivity contribution in [1.29, 1.82) is 0 Å². The highest BCUT2D eigenvalue weighted by Crippen LogP contribution is 2.27. The van der Waals surface area contributed by atoms with Gasteiger partial charge in [0, 0.05) is 9.85 Å². The van der Waals surface area contributed by atoms with E-state index in [1.165, 1.54) is 6.33 Å². The van der Waals surface area contributed by atoms with Gasteiger partial charge in [-0.05, 0) is 22.0 Å². The fourth-order valence-electron chi connectivity index (χ4n) is 1.30. The van der Waals surface area contributed by atoms with Gasteiger partial charge in [-0.2, -0.15) is 10.1 Å². The molecule has 3 heterocycles. The van der Waals surface area contributed by atoms with Crippen molar-refractivity contribution in [2.24, 2.45) is 0 Å². The van der Waals surface area contributed by atoms with E-state index in [2.05, 4.69) is 36.2 Å². The molecule has 0 amide bonds. The second kappa shape index (κ2) is 4.38. The predicted molar refractivity (Wildman–Crippen MR) is 64.4 cm³/mol. The molecule has 86 valence electrons. The minimum atomic E-state index is 0.430. The molecule has 17 heavy (non-hydrogen) atoms. The zero-order valence-electron chi connectivity index (χ0n) is 8.45. The molecule has 0 fully saturated rings. The first kappa shape index (κ1) is 10.6. The lowest BCUT2D eigenvalue weighted by molar-refractivity contribution is 0.366. The number of nitrogens with zero attached hydrogens (tertiary/aromatic N) is 5. The van der Waals surface area contributed by atoms with Crippen LogP contribution in [0, 0.1) is 0 Å². The fraction of sp³-hybridized carbons (Fsp3) is 0.111. The highest BCUT2D eigenvalue weighted by atomic mass is 79.9. The third kappa shape index (κ3) is 2.27. The van der Waals surface area contributed by atoms with E-state index in [0.29, 0.717) is 18.3 Å². The summed E-state index contributed by atoms with van der Waals surface area (Å²) in [6.45, 7) is 0.430. The molecule has 0 unspecified atom stereocenters. The number of halogens is 1. The maximum atomic E-state index is 5.14. The van der Waals surface area contributed by atoms with E-state index in [0.717, 1.165) is 9.35 Å². The van der Waals surface area contributed by atoms with Crippen LogP contribution in [0.2, 0.25) is 0 Å². The molecule has 0 bridgehead atoms. The van der Waals surface area contributed by atoms with Gasteiger partial charge in [0.1, 0.15) is 19.2 Å². The smallest absolute Gasteiger partial charge is 0.248 e. The molecule has 0 aliphatic rings. The summed E-state index contributed by atoms with van der Waals surface area (Å²) in [5.41, 5.74) is 0. The van der Waals surface area contributed by atoms with Gasteiger partial charge in [-0.25, -0.2) is 9.67 Å². The standard InChI is InChI=1S/C9H6BrN5OS/c10-6-1-7(17-3-6)9-13-8(16-14-9)2-15-5-11-4-12-15/h1,3-5H,2H2. The van der Waals surface area contributed by atoms with Crippen molar-refractivity contribution >= 4 is 27.3 Å². The van der Waals surface area contributed by atoms with Gasteiger partial charge in [-0.1, -0.05) is 5.16 Å². The summed E-state index contributed by atoms with van der Waals surface area (Å²) in [7, 11) is 0. The van der Waals surface area contributed by atoms with Gasteiger partial charge < -0.3 is 4.52 Å². The lowest BCUT2D eigenvalue weighted by Crippen LogP contribution is -1.99. The Morgan fingerprint density at radius 3 is 3.12 bits per heavy atom. The molecule has 0 N–H and O–H groups in total. The molecule has 0 radical (unpaired) electrons. The van der Waals surface area contributed by atoms with Crippen LogP contribution in [0.4, 0.5) is 0 Å².